The number of aromatic hydroxyl groups is 1. The molecule has 0 aliphatic carbocycles. The number of hydrogen-bond acceptors (Lipinski definition) is 8. The van der Waals surface area contributed by atoms with Gasteiger partial charge in [0.15, 0.2) is 11.5 Å². The van der Waals surface area contributed by atoms with E-state index in [0.717, 1.165) is 55.0 Å². The molecular formula is C26H38N2O6. The van der Waals surface area contributed by atoms with Gasteiger partial charge in [0, 0.05) is 44.8 Å². The van der Waals surface area contributed by atoms with Gasteiger partial charge in [0.2, 0.25) is 5.75 Å². The number of nitrogens with zero attached hydrogens (tertiary/aromatic N) is 2. The number of β-amino-alcohol motifs (C(OH)–C–C–N with tert-alkyl or cyclic N) is 1. The SMILES string of the molecule is COc1ccc(CN2CCN(CC(O)COc3cc(C)c(O)c(C)c3C)CC2)c(OC)c1OC. The van der Waals surface area contributed by atoms with Crippen LogP contribution in [0.1, 0.15) is 22.3 Å². The van der Waals surface area contributed by atoms with E-state index in [9.17, 15) is 10.2 Å². The highest BCUT2D eigenvalue weighted by atomic mass is 16.5. The van der Waals surface area contributed by atoms with Gasteiger partial charge in [-0.25, -0.2) is 0 Å². The second-order valence-electron chi connectivity index (χ2n) is 8.83. The van der Waals surface area contributed by atoms with Crippen LogP contribution in [0.5, 0.6) is 28.7 Å². The zero-order valence-corrected chi connectivity index (χ0v) is 21.2. The first-order valence-electron chi connectivity index (χ1n) is 11.6. The van der Waals surface area contributed by atoms with E-state index < -0.39 is 6.10 Å². The van der Waals surface area contributed by atoms with Crippen LogP contribution in [0, 0.1) is 20.8 Å². The van der Waals surface area contributed by atoms with E-state index >= 15 is 0 Å². The first-order valence-corrected chi connectivity index (χ1v) is 11.6. The second-order valence-corrected chi connectivity index (χ2v) is 8.83. The molecule has 0 bridgehead atoms. The highest BCUT2D eigenvalue weighted by Crippen LogP contribution is 2.40. The Morgan fingerprint density at radius 1 is 0.853 bits per heavy atom. The Kier molecular flexibility index (Phi) is 8.88. The van der Waals surface area contributed by atoms with Crippen molar-refractivity contribution < 1.29 is 29.2 Å². The van der Waals surface area contributed by atoms with Crippen molar-refractivity contribution in [2.24, 2.45) is 0 Å². The second kappa shape index (κ2) is 11.6. The van der Waals surface area contributed by atoms with Gasteiger partial charge in [-0.1, -0.05) is 6.07 Å². The van der Waals surface area contributed by atoms with Gasteiger partial charge in [0.1, 0.15) is 24.2 Å². The fraction of sp³-hybridized carbons (Fsp3) is 0.538. The van der Waals surface area contributed by atoms with Crippen molar-refractivity contribution in [3.05, 3.63) is 40.5 Å². The van der Waals surface area contributed by atoms with Gasteiger partial charge in [-0.2, -0.15) is 0 Å². The average molecular weight is 475 g/mol. The molecule has 34 heavy (non-hydrogen) atoms. The summed E-state index contributed by atoms with van der Waals surface area (Å²) >= 11 is 0. The Labute approximate surface area is 202 Å². The normalized spacial score (nSPS) is 15.7. The third-order valence-corrected chi connectivity index (χ3v) is 6.55. The van der Waals surface area contributed by atoms with Crippen molar-refractivity contribution >= 4 is 0 Å². The Morgan fingerprint density at radius 3 is 2.12 bits per heavy atom. The van der Waals surface area contributed by atoms with Gasteiger partial charge < -0.3 is 29.2 Å². The van der Waals surface area contributed by atoms with E-state index in [1.54, 1.807) is 21.3 Å². The van der Waals surface area contributed by atoms with Crippen LogP contribution < -0.4 is 18.9 Å². The number of methoxy groups -OCH3 is 3. The highest BCUT2D eigenvalue weighted by Gasteiger charge is 2.23. The molecule has 8 heteroatoms. The van der Waals surface area contributed by atoms with Crippen LogP contribution >= 0.6 is 0 Å². The van der Waals surface area contributed by atoms with Crippen LogP contribution in [-0.4, -0.2) is 86.8 Å². The van der Waals surface area contributed by atoms with E-state index in [0.29, 0.717) is 35.3 Å². The van der Waals surface area contributed by atoms with Crippen LogP contribution in [0.25, 0.3) is 0 Å². The zero-order chi connectivity index (χ0) is 24.8. The molecule has 2 N–H and O–H groups in total. The van der Waals surface area contributed by atoms with Gasteiger partial charge in [-0.05, 0) is 49.6 Å². The number of ether oxygens (including phenoxy) is 4. The predicted octanol–water partition coefficient (Wildman–Crippen LogP) is 2.90. The largest absolute Gasteiger partial charge is 0.507 e. The minimum atomic E-state index is -0.591. The van der Waals surface area contributed by atoms with E-state index in [1.807, 2.05) is 39.0 Å². The number of benzene rings is 2. The standard InChI is InChI=1S/C26H38N2O6/c1-17-13-23(18(2)19(3)24(17)30)34-16-21(29)15-28-11-9-27(10-12-28)14-20-7-8-22(31-4)26(33-6)25(20)32-5/h7-8,13,21,29-30H,9-12,14-16H2,1-6H3. The highest BCUT2D eigenvalue weighted by molar-refractivity contribution is 5.55. The number of aliphatic hydroxyl groups is 1. The summed E-state index contributed by atoms with van der Waals surface area (Å²) in [6.45, 7) is 10.7. The molecule has 2 aromatic rings. The molecule has 0 amide bonds. The lowest BCUT2D eigenvalue weighted by Gasteiger charge is -2.35. The maximum absolute atomic E-state index is 10.6. The molecule has 0 saturated carbocycles. The van der Waals surface area contributed by atoms with Crippen LogP contribution in [0.2, 0.25) is 0 Å². The third-order valence-electron chi connectivity index (χ3n) is 6.55. The number of phenolic OH excluding ortho intramolecular Hbond substituents is 1. The molecule has 1 aliphatic rings. The molecule has 8 nitrogen and oxygen atoms in total. The predicted molar refractivity (Wildman–Crippen MR) is 132 cm³/mol. The molecule has 1 aliphatic heterocycles. The van der Waals surface area contributed by atoms with Crippen molar-refractivity contribution in [1.29, 1.82) is 0 Å². The number of aliphatic hydroxyl groups excluding tert-OH is 1. The molecule has 188 valence electrons. The molecular weight excluding hydrogens is 436 g/mol. The molecule has 1 saturated heterocycles. The van der Waals surface area contributed by atoms with Crippen molar-refractivity contribution in [3.63, 3.8) is 0 Å². The van der Waals surface area contributed by atoms with Gasteiger partial charge >= 0.3 is 0 Å². The number of rotatable bonds is 10. The Bertz CT molecular complexity index is 972. The van der Waals surface area contributed by atoms with Crippen LogP contribution in [0.3, 0.4) is 0 Å². The van der Waals surface area contributed by atoms with Gasteiger partial charge in [0.05, 0.1) is 21.3 Å². The average Bonchev–Trinajstić information content (AvgIpc) is 2.84. The Balaban J connectivity index is 1.50. The molecule has 2 aromatic carbocycles. The minimum Gasteiger partial charge on any atom is -0.507 e. The van der Waals surface area contributed by atoms with Crippen molar-refractivity contribution in [2.45, 2.75) is 33.4 Å². The summed E-state index contributed by atoms with van der Waals surface area (Å²) in [7, 11) is 4.87. The monoisotopic (exact) mass is 474 g/mol. The Hall–Kier alpha value is -2.68. The summed E-state index contributed by atoms with van der Waals surface area (Å²) in [5, 5.41) is 20.6. The molecule has 1 fully saturated rings. The van der Waals surface area contributed by atoms with Crippen LogP contribution in [0.15, 0.2) is 18.2 Å². The van der Waals surface area contributed by atoms with Gasteiger partial charge in [-0.3, -0.25) is 9.80 Å². The number of phenols is 1. The maximum atomic E-state index is 10.6. The summed E-state index contributed by atoms with van der Waals surface area (Å²) in [5.41, 5.74) is 3.54. The topological polar surface area (TPSA) is 83.9 Å². The van der Waals surface area contributed by atoms with E-state index in [4.69, 9.17) is 18.9 Å². The lowest BCUT2D eigenvalue weighted by molar-refractivity contribution is 0.0443. The molecule has 0 aromatic heterocycles. The lowest BCUT2D eigenvalue weighted by Crippen LogP contribution is -2.48. The zero-order valence-electron chi connectivity index (χ0n) is 21.2. The summed E-state index contributed by atoms with van der Waals surface area (Å²) < 4.78 is 22.4. The van der Waals surface area contributed by atoms with Gasteiger partial charge in [-0.15, -0.1) is 0 Å². The Morgan fingerprint density at radius 2 is 1.50 bits per heavy atom. The van der Waals surface area contributed by atoms with Crippen molar-refractivity contribution in [3.8, 4) is 28.7 Å². The number of aryl methyl sites for hydroxylation is 1. The molecule has 0 spiro atoms. The molecule has 1 heterocycles. The molecule has 1 unspecified atom stereocenters. The van der Waals surface area contributed by atoms with Crippen molar-refractivity contribution in [2.75, 3.05) is 60.7 Å². The third kappa shape index (κ3) is 5.87. The minimum absolute atomic E-state index is 0.216. The summed E-state index contributed by atoms with van der Waals surface area (Å²) in [5.74, 6) is 2.97. The fourth-order valence-corrected chi connectivity index (χ4v) is 4.38. The number of hydrogen-bond donors (Lipinski definition) is 2. The fourth-order valence-electron chi connectivity index (χ4n) is 4.38. The van der Waals surface area contributed by atoms with E-state index in [2.05, 4.69) is 9.80 Å². The van der Waals surface area contributed by atoms with Crippen molar-refractivity contribution in [1.82, 2.24) is 9.80 Å². The first kappa shape index (κ1) is 25.9. The quantitative estimate of drug-likeness (QED) is 0.544. The molecule has 3 rings (SSSR count). The molecule has 0 radical (unpaired) electrons. The van der Waals surface area contributed by atoms with Gasteiger partial charge in [0.25, 0.3) is 0 Å². The summed E-state index contributed by atoms with van der Waals surface area (Å²) in [6.07, 6.45) is -0.591. The molecule has 1 atom stereocenters. The van der Waals surface area contributed by atoms with E-state index in [-0.39, 0.29) is 6.61 Å². The smallest absolute Gasteiger partial charge is 0.203 e. The summed E-state index contributed by atoms with van der Waals surface area (Å²) in [6, 6.07) is 5.75. The maximum Gasteiger partial charge on any atom is 0.203 e. The number of piperazine rings is 1. The summed E-state index contributed by atoms with van der Waals surface area (Å²) in [4.78, 5) is 4.63. The lowest BCUT2D eigenvalue weighted by atomic mass is 10.0. The first-order chi connectivity index (χ1) is 16.3. The van der Waals surface area contributed by atoms with E-state index in [1.165, 1.54) is 0 Å². The van der Waals surface area contributed by atoms with Crippen LogP contribution in [0.4, 0.5) is 0 Å². The van der Waals surface area contributed by atoms with Crippen LogP contribution in [-0.2, 0) is 6.54 Å².